The molecule has 0 unspecified atom stereocenters. The molecule has 1 aromatic carbocycles. The largest absolute Gasteiger partial charge is 0.379 e. The van der Waals surface area contributed by atoms with Crippen LogP contribution in [0.25, 0.3) is 0 Å². The van der Waals surface area contributed by atoms with E-state index < -0.39 is 0 Å². The van der Waals surface area contributed by atoms with Crippen LogP contribution in [-0.4, -0.2) is 43.5 Å². The monoisotopic (exact) mass is 289 g/mol. The van der Waals surface area contributed by atoms with E-state index >= 15 is 0 Å². The number of hydrogen-bond donors (Lipinski definition) is 0. The maximum absolute atomic E-state index is 11.9. The number of ether oxygens (including phenoxy) is 1. The molecule has 0 aliphatic carbocycles. The van der Waals surface area contributed by atoms with Gasteiger partial charge >= 0.3 is 0 Å². The third kappa shape index (κ3) is 4.58. The minimum absolute atomic E-state index is 0. The molecular formula is C13H17Cl2NO2. The van der Waals surface area contributed by atoms with Crippen LogP contribution in [0.1, 0.15) is 16.8 Å². The molecule has 1 fully saturated rings. The summed E-state index contributed by atoms with van der Waals surface area (Å²) in [5, 5.41) is 0.613. The topological polar surface area (TPSA) is 29.5 Å². The molecule has 0 amide bonds. The number of nitrogens with zero attached hydrogens (tertiary/aromatic N) is 1. The van der Waals surface area contributed by atoms with Gasteiger partial charge in [-0.15, -0.1) is 12.4 Å². The summed E-state index contributed by atoms with van der Waals surface area (Å²) in [6.07, 6.45) is 0.542. The van der Waals surface area contributed by atoms with Crippen molar-refractivity contribution in [2.45, 2.75) is 6.42 Å². The van der Waals surface area contributed by atoms with Gasteiger partial charge in [0.05, 0.1) is 13.2 Å². The first-order chi connectivity index (χ1) is 8.25. The molecule has 1 aliphatic heterocycles. The number of morpholine rings is 1. The van der Waals surface area contributed by atoms with Crippen molar-refractivity contribution < 1.29 is 9.53 Å². The van der Waals surface area contributed by atoms with Gasteiger partial charge in [-0.3, -0.25) is 9.69 Å². The van der Waals surface area contributed by atoms with Crippen LogP contribution < -0.4 is 0 Å². The minimum atomic E-state index is 0. The molecule has 2 rings (SSSR count). The second-order valence-electron chi connectivity index (χ2n) is 4.14. The summed E-state index contributed by atoms with van der Waals surface area (Å²) in [7, 11) is 0. The van der Waals surface area contributed by atoms with Crippen molar-refractivity contribution in [3.05, 3.63) is 34.9 Å². The van der Waals surface area contributed by atoms with E-state index in [1.165, 1.54) is 0 Å². The van der Waals surface area contributed by atoms with E-state index in [1.807, 2.05) is 12.1 Å². The summed E-state index contributed by atoms with van der Waals surface area (Å²) in [6.45, 7) is 4.18. The number of Topliss-reactive ketones (excluding diaryl/α,β-unsaturated/α-hetero) is 1. The number of carbonyl (C=O) groups excluding carboxylic acids is 1. The Morgan fingerprint density at radius 3 is 2.72 bits per heavy atom. The van der Waals surface area contributed by atoms with Gasteiger partial charge in [-0.25, -0.2) is 0 Å². The van der Waals surface area contributed by atoms with Gasteiger partial charge < -0.3 is 4.74 Å². The Bertz CT molecular complexity index is 392. The Morgan fingerprint density at radius 2 is 2.06 bits per heavy atom. The molecule has 1 aromatic rings. The predicted molar refractivity (Wildman–Crippen MR) is 74.9 cm³/mol. The smallest absolute Gasteiger partial charge is 0.164 e. The summed E-state index contributed by atoms with van der Waals surface area (Å²) in [5.41, 5.74) is 0.700. The molecule has 0 radical (unpaired) electrons. The van der Waals surface area contributed by atoms with Crippen molar-refractivity contribution in [1.29, 1.82) is 0 Å². The molecule has 1 aliphatic rings. The standard InChI is InChI=1S/C13H16ClNO2.ClH/c14-12-3-1-2-11(10-12)13(16)4-5-15-6-8-17-9-7-15;/h1-3,10H,4-9H2;1H. The van der Waals surface area contributed by atoms with Crippen LogP contribution in [0.4, 0.5) is 0 Å². The molecular weight excluding hydrogens is 273 g/mol. The van der Waals surface area contributed by atoms with Crippen molar-refractivity contribution in [3.63, 3.8) is 0 Å². The zero-order valence-corrected chi connectivity index (χ0v) is 11.7. The van der Waals surface area contributed by atoms with E-state index in [0.29, 0.717) is 17.0 Å². The number of benzene rings is 1. The first-order valence-electron chi connectivity index (χ1n) is 5.84. The van der Waals surface area contributed by atoms with Crippen molar-refractivity contribution in [2.24, 2.45) is 0 Å². The molecule has 0 atom stereocenters. The molecule has 0 spiro atoms. The number of hydrogen-bond acceptors (Lipinski definition) is 3. The lowest BCUT2D eigenvalue weighted by atomic mass is 10.1. The van der Waals surface area contributed by atoms with E-state index in [9.17, 15) is 4.79 Å². The summed E-state index contributed by atoms with van der Waals surface area (Å²) >= 11 is 5.86. The van der Waals surface area contributed by atoms with Gasteiger partial charge in [-0.2, -0.15) is 0 Å². The Labute approximate surface area is 118 Å². The summed E-state index contributed by atoms with van der Waals surface area (Å²) in [5.74, 6) is 0.152. The Kier molecular flexibility index (Phi) is 6.65. The lowest BCUT2D eigenvalue weighted by Crippen LogP contribution is -2.37. The maximum atomic E-state index is 11.9. The van der Waals surface area contributed by atoms with Crippen molar-refractivity contribution in [2.75, 3.05) is 32.8 Å². The second kappa shape index (κ2) is 7.74. The van der Waals surface area contributed by atoms with Crippen LogP contribution in [0.2, 0.25) is 5.02 Å². The van der Waals surface area contributed by atoms with Crippen LogP contribution >= 0.6 is 24.0 Å². The highest BCUT2D eigenvalue weighted by atomic mass is 35.5. The van der Waals surface area contributed by atoms with Crippen molar-refractivity contribution in [1.82, 2.24) is 4.90 Å². The number of rotatable bonds is 4. The lowest BCUT2D eigenvalue weighted by molar-refractivity contribution is 0.0370. The van der Waals surface area contributed by atoms with Crippen LogP contribution in [0.3, 0.4) is 0 Å². The Balaban J connectivity index is 0.00000162. The molecule has 100 valence electrons. The molecule has 3 nitrogen and oxygen atoms in total. The first-order valence-corrected chi connectivity index (χ1v) is 6.22. The van der Waals surface area contributed by atoms with Gasteiger partial charge in [0.25, 0.3) is 0 Å². The van der Waals surface area contributed by atoms with E-state index in [0.717, 1.165) is 32.8 Å². The average Bonchev–Trinajstić information content (AvgIpc) is 2.37. The lowest BCUT2D eigenvalue weighted by Gasteiger charge is -2.26. The second-order valence-corrected chi connectivity index (χ2v) is 4.57. The third-order valence-corrected chi connectivity index (χ3v) is 3.14. The molecule has 1 heterocycles. The molecule has 0 saturated carbocycles. The fraction of sp³-hybridized carbons (Fsp3) is 0.462. The summed E-state index contributed by atoms with van der Waals surface area (Å²) in [6, 6.07) is 7.13. The SMILES string of the molecule is Cl.O=C(CCN1CCOCC1)c1cccc(Cl)c1. The number of ketones is 1. The van der Waals surface area contributed by atoms with Gasteiger partial charge in [0.2, 0.25) is 0 Å². The maximum Gasteiger partial charge on any atom is 0.164 e. The van der Waals surface area contributed by atoms with E-state index in [2.05, 4.69) is 4.90 Å². The average molecular weight is 290 g/mol. The first kappa shape index (κ1) is 15.4. The normalized spacial score (nSPS) is 16.1. The summed E-state index contributed by atoms with van der Waals surface area (Å²) < 4.78 is 5.26. The number of carbonyl (C=O) groups is 1. The van der Waals surface area contributed by atoms with Gasteiger partial charge in [-0.05, 0) is 12.1 Å². The zero-order chi connectivity index (χ0) is 12.1. The van der Waals surface area contributed by atoms with Crippen LogP contribution in [0.15, 0.2) is 24.3 Å². The third-order valence-electron chi connectivity index (χ3n) is 2.91. The van der Waals surface area contributed by atoms with Gasteiger partial charge in [0.15, 0.2) is 5.78 Å². The molecule has 5 heteroatoms. The molecule has 0 aromatic heterocycles. The molecule has 18 heavy (non-hydrogen) atoms. The van der Waals surface area contributed by atoms with E-state index in [1.54, 1.807) is 12.1 Å². The highest BCUT2D eigenvalue weighted by Crippen LogP contribution is 2.12. The van der Waals surface area contributed by atoms with Gasteiger partial charge in [-0.1, -0.05) is 23.7 Å². The van der Waals surface area contributed by atoms with Crippen LogP contribution in [0, 0.1) is 0 Å². The van der Waals surface area contributed by atoms with Crippen LogP contribution in [0.5, 0.6) is 0 Å². The molecule has 1 saturated heterocycles. The van der Waals surface area contributed by atoms with Crippen molar-refractivity contribution in [3.8, 4) is 0 Å². The zero-order valence-electron chi connectivity index (χ0n) is 10.1. The Morgan fingerprint density at radius 1 is 1.33 bits per heavy atom. The quantitative estimate of drug-likeness (QED) is 0.798. The number of halogens is 2. The Hall–Kier alpha value is -0.610. The highest BCUT2D eigenvalue weighted by Gasteiger charge is 2.12. The predicted octanol–water partition coefficient (Wildman–Crippen LogP) is 2.67. The molecule has 0 N–H and O–H groups in total. The highest BCUT2D eigenvalue weighted by molar-refractivity contribution is 6.31. The molecule has 0 bridgehead atoms. The van der Waals surface area contributed by atoms with Crippen LogP contribution in [-0.2, 0) is 4.74 Å². The van der Waals surface area contributed by atoms with Gasteiger partial charge in [0.1, 0.15) is 0 Å². The summed E-state index contributed by atoms with van der Waals surface area (Å²) in [4.78, 5) is 14.2. The fourth-order valence-electron chi connectivity index (χ4n) is 1.89. The van der Waals surface area contributed by atoms with Crippen molar-refractivity contribution >= 4 is 29.8 Å². The fourth-order valence-corrected chi connectivity index (χ4v) is 2.08. The van der Waals surface area contributed by atoms with Gasteiger partial charge in [0, 0.05) is 36.6 Å². The van der Waals surface area contributed by atoms with E-state index in [-0.39, 0.29) is 18.2 Å². The minimum Gasteiger partial charge on any atom is -0.379 e. The van der Waals surface area contributed by atoms with E-state index in [4.69, 9.17) is 16.3 Å².